The molecule has 0 radical (unpaired) electrons. The fourth-order valence-electron chi connectivity index (χ4n) is 3.16. The maximum atomic E-state index is 10.7. The Labute approximate surface area is 158 Å². The van der Waals surface area contributed by atoms with Gasteiger partial charge in [-0.3, -0.25) is 0 Å². The average Bonchev–Trinajstić information content (AvgIpc) is 2.67. The lowest BCUT2D eigenvalue weighted by molar-refractivity contribution is 0.195. The topological polar surface area (TPSA) is 35.5 Å². The van der Waals surface area contributed by atoms with Gasteiger partial charge in [0.15, 0.2) is 0 Å². The van der Waals surface area contributed by atoms with Crippen LogP contribution in [0, 0.1) is 6.92 Å². The number of hydrogen-bond acceptors (Lipinski definition) is 4. The molecule has 132 valence electrons. The molecule has 4 heteroatoms. The van der Waals surface area contributed by atoms with Gasteiger partial charge in [-0.15, -0.1) is 0 Å². The van der Waals surface area contributed by atoms with Crippen molar-refractivity contribution in [1.82, 2.24) is 0 Å². The first kappa shape index (κ1) is 17.0. The lowest BCUT2D eigenvalue weighted by Gasteiger charge is -2.34. The molecule has 3 aromatic carbocycles. The summed E-state index contributed by atoms with van der Waals surface area (Å²) in [7, 11) is 0. The molecule has 0 amide bonds. The van der Waals surface area contributed by atoms with Crippen molar-refractivity contribution in [2.45, 2.75) is 22.8 Å². The first-order valence-corrected chi connectivity index (χ1v) is 9.64. The van der Waals surface area contributed by atoms with Crippen LogP contribution in [0.2, 0.25) is 0 Å². The fraction of sp³-hybridized carbons (Fsp3) is 0.182. The molecule has 1 aliphatic heterocycles. The van der Waals surface area contributed by atoms with Crippen LogP contribution in [0.5, 0.6) is 0 Å². The number of aliphatic hydroxyl groups is 1. The maximum absolute atomic E-state index is 10.7. The van der Waals surface area contributed by atoms with Crippen molar-refractivity contribution in [3.05, 3.63) is 78.4 Å². The van der Waals surface area contributed by atoms with E-state index in [0.717, 1.165) is 17.1 Å². The van der Waals surface area contributed by atoms with E-state index in [1.165, 1.54) is 15.4 Å². The Balaban J connectivity index is 1.51. The number of anilines is 3. The van der Waals surface area contributed by atoms with Gasteiger partial charge in [0, 0.05) is 22.0 Å². The minimum atomic E-state index is -0.486. The number of para-hydroxylation sites is 2. The van der Waals surface area contributed by atoms with E-state index in [9.17, 15) is 5.11 Å². The number of nitrogens with one attached hydrogen (secondary N) is 1. The van der Waals surface area contributed by atoms with Crippen molar-refractivity contribution in [1.29, 1.82) is 0 Å². The second kappa shape index (κ2) is 7.44. The van der Waals surface area contributed by atoms with Crippen LogP contribution >= 0.6 is 11.8 Å². The van der Waals surface area contributed by atoms with Gasteiger partial charge in [-0.25, -0.2) is 0 Å². The number of aliphatic hydroxyl groups excluding tert-OH is 1. The molecule has 1 aliphatic rings. The molecule has 0 saturated carbocycles. The monoisotopic (exact) mass is 362 g/mol. The van der Waals surface area contributed by atoms with E-state index in [1.54, 1.807) is 11.8 Å². The van der Waals surface area contributed by atoms with Crippen LogP contribution in [0.15, 0.2) is 82.6 Å². The minimum Gasteiger partial charge on any atom is -0.389 e. The van der Waals surface area contributed by atoms with Crippen LogP contribution in [-0.4, -0.2) is 24.3 Å². The number of β-amino-alcohol motifs (C(OH)–C–C–N with tert-alkyl or cyclic N) is 1. The summed E-state index contributed by atoms with van der Waals surface area (Å²) >= 11 is 1.79. The summed E-state index contributed by atoms with van der Waals surface area (Å²) in [5.41, 5.74) is 4.58. The van der Waals surface area contributed by atoms with Crippen LogP contribution in [-0.2, 0) is 0 Å². The Morgan fingerprint density at radius 1 is 0.885 bits per heavy atom. The molecule has 1 atom stereocenters. The van der Waals surface area contributed by atoms with E-state index in [1.807, 2.05) is 12.1 Å². The summed E-state index contributed by atoms with van der Waals surface area (Å²) in [5, 5.41) is 14.0. The minimum absolute atomic E-state index is 0.486. The second-order valence-corrected chi connectivity index (χ2v) is 7.63. The van der Waals surface area contributed by atoms with Gasteiger partial charge in [-0.05, 0) is 43.3 Å². The van der Waals surface area contributed by atoms with Gasteiger partial charge in [-0.1, -0.05) is 53.7 Å². The molecule has 3 nitrogen and oxygen atoms in total. The largest absolute Gasteiger partial charge is 0.389 e. The summed E-state index contributed by atoms with van der Waals surface area (Å²) in [6.07, 6.45) is -0.486. The zero-order chi connectivity index (χ0) is 17.9. The molecule has 0 aromatic heterocycles. The molecule has 26 heavy (non-hydrogen) atoms. The maximum Gasteiger partial charge on any atom is 0.0891 e. The zero-order valence-electron chi connectivity index (χ0n) is 14.7. The van der Waals surface area contributed by atoms with Crippen LogP contribution in [0.3, 0.4) is 0 Å². The predicted octanol–water partition coefficient (Wildman–Crippen LogP) is 5.07. The molecule has 3 aromatic rings. The lowest BCUT2D eigenvalue weighted by atomic mass is 10.2. The summed E-state index contributed by atoms with van der Waals surface area (Å²) < 4.78 is 0. The molecule has 2 N–H and O–H groups in total. The Morgan fingerprint density at radius 3 is 2.08 bits per heavy atom. The second-order valence-electron chi connectivity index (χ2n) is 6.55. The van der Waals surface area contributed by atoms with Gasteiger partial charge >= 0.3 is 0 Å². The highest BCUT2D eigenvalue weighted by Gasteiger charge is 2.24. The van der Waals surface area contributed by atoms with Gasteiger partial charge in [0.2, 0.25) is 0 Å². The molecule has 0 saturated heterocycles. The lowest BCUT2D eigenvalue weighted by Crippen LogP contribution is -2.34. The van der Waals surface area contributed by atoms with Crippen molar-refractivity contribution in [2.75, 3.05) is 23.3 Å². The van der Waals surface area contributed by atoms with E-state index < -0.39 is 6.10 Å². The van der Waals surface area contributed by atoms with E-state index >= 15 is 0 Å². The zero-order valence-corrected chi connectivity index (χ0v) is 15.5. The SMILES string of the molecule is Cc1ccc(NCC(O)CN2c3ccccc3Sc3ccccc32)cc1. The standard InChI is InChI=1S/C22H22N2OS/c1-16-10-12-17(13-11-16)23-14-18(25)15-24-19-6-2-4-8-21(19)26-22-9-5-3-7-20(22)24/h2-13,18,23,25H,14-15H2,1H3. The average molecular weight is 362 g/mol. The smallest absolute Gasteiger partial charge is 0.0891 e. The van der Waals surface area contributed by atoms with Crippen molar-refractivity contribution < 1.29 is 5.11 Å². The third kappa shape index (κ3) is 3.57. The van der Waals surface area contributed by atoms with Gasteiger partial charge in [0.25, 0.3) is 0 Å². The van der Waals surface area contributed by atoms with Gasteiger partial charge < -0.3 is 15.3 Å². The van der Waals surface area contributed by atoms with Crippen LogP contribution in [0.25, 0.3) is 0 Å². The normalized spacial score (nSPS) is 13.7. The first-order chi connectivity index (χ1) is 12.7. The van der Waals surface area contributed by atoms with Crippen LogP contribution in [0.1, 0.15) is 5.56 Å². The Bertz CT molecular complexity index is 849. The number of hydrogen-bond donors (Lipinski definition) is 2. The summed E-state index contributed by atoms with van der Waals surface area (Å²) in [5.74, 6) is 0. The van der Waals surface area contributed by atoms with E-state index in [-0.39, 0.29) is 0 Å². The number of aryl methyl sites for hydroxylation is 1. The fourth-order valence-corrected chi connectivity index (χ4v) is 4.26. The van der Waals surface area contributed by atoms with Gasteiger partial charge in [0.05, 0.1) is 24.0 Å². The first-order valence-electron chi connectivity index (χ1n) is 8.83. The molecule has 0 aliphatic carbocycles. The van der Waals surface area contributed by atoms with Crippen molar-refractivity contribution >= 4 is 28.8 Å². The summed E-state index contributed by atoms with van der Waals surface area (Å²) in [6.45, 7) is 3.13. The van der Waals surface area contributed by atoms with Crippen molar-refractivity contribution in [3.63, 3.8) is 0 Å². The molecular weight excluding hydrogens is 340 g/mol. The Kier molecular flexibility index (Phi) is 4.87. The Hall–Kier alpha value is -2.43. The molecule has 1 heterocycles. The quantitative estimate of drug-likeness (QED) is 0.664. The molecular formula is C22H22N2OS. The molecule has 0 spiro atoms. The Morgan fingerprint density at radius 2 is 1.46 bits per heavy atom. The van der Waals surface area contributed by atoms with Crippen LogP contribution < -0.4 is 10.2 Å². The third-order valence-corrected chi connectivity index (χ3v) is 5.65. The number of rotatable bonds is 5. The van der Waals surface area contributed by atoms with Gasteiger partial charge in [-0.2, -0.15) is 0 Å². The third-order valence-electron chi connectivity index (χ3n) is 4.52. The highest BCUT2D eigenvalue weighted by atomic mass is 32.2. The molecule has 0 bridgehead atoms. The van der Waals surface area contributed by atoms with Gasteiger partial charge in [0.1, 0.15) is 0 Å². The van der Waals surface area contributed by atoms with Crippen molar-refractivity contribution in [3.8, 4) is 0 Å². The molecule has 0 fully saturated rings. The summed E-state index contributed by atoms with van der Waals surface area (Å²) in [6, 6.07) is 25.0. The highest BCUT2D eigenvalue weighted by Crippen LogP contribution is 2.47. The highest BCUT2D eigenvalue weighted by molar-refractivity contribution is 7.99. The number of benzene rings is 3. The number of fused-ring (bicyclic) bond motifs is 2. The van der Waals surface area contributed by atoms with Crippen LogP contribution in [0.4, 0.5) is 17.1 Å². The predicted molar refractivity (Wildman–Crippen MR) is 110 cm³/mol. The van der Waals surface area contributed by atoms with E-state index in [0.29, 0.717) is 13.1 Å². The number of nitrogens with zero attached hydrogens (tertiary/aromatic N) is 1. The molecule has 1 unspecified atom stereocenters. The van der Waals surface area contributed by atoms with E-state index in [4.69, 9.17) is 0 Å². The van der Waals surface area contributed by atoms with Crippen molar-refractivity contribution in [2.24, 2.45) is 0 Å². The van der Waals surface area contributed by atoms with E-state index in [2.05, 4.69) is 77.8 Å². The summed E-state index contributed by atoms with van der Waals surface area (Å²) in [4.78, 5) is 4.68. The molecule has 4 rings (SSSR count).